The molecule has 0 saturated heterocycles. The number of carboxylic acids is 1. The van der Waals surface area contributed by atoms with Gasteiger partial charge in [-0.3, -0.25) is 9.69 Å². The summed E-state index contributed by atoms with van der Waals surface area (Å²) in [5, 5.41) is 12.9. The molecule has 4 rings (SSSR count). The first-order valence-corrected chi connectivity index (χ1v) is 13.5. The van der Waals surface area contributed by atoms with Crippen LogP contribution in [0.15, 0.2) is 41.1 Å². The highest BCUT2D eigenvalue weighted by Crippen LogP contribution is 2.30. The number of Topliss-reactive ketones (excluding diaryl/α,β-unsaturated/α-hetero) is 1. The Kier molecular flexibility index (Phi) is 10.0. The van der Waals surface area contributed by atoms with Gasteiger partial charge in [0.2, 0.25) is 5.88 Å². The number of nitrogens with zero attached hydrogens (tertiary/aromatic N) is 4. The Morgan fingerprint density at radius 2 is 1.97 bits per heavy atom. The van der Waals surface area contributed by atoms with Crippen LogP contribution in [0, 0.1) is 12.8 Å². The molecule has 0 unspecified atom stereocenters. The number of benzene rings is 1. The van der Waals surface area contributed by atoms with Crippen molar-refractivity contribution in [1.82, 2.24) is 20.0 Å². The van der Waals surface area contributed by atoms with E-state index in [9.17, 15) is 9.59 Å². The number of likely N-dealkylation sites (N-methyl/N-ethyl adjacent to an activating group) is 1. The molecule has 1 aliphatic rings. The fraction of sp³-hybridized carbons (Fsp3) is 0.483. The summed E-state index contributed by atoms with van der Waals surface area (Å²) in [6.07, 6.45) is 8.71. The van der Waals surface area contributed by atoms with E-state index in [1.54, 1.807) is 18.1 Å². The van der Waals surface area contributed by atoms with Crippen LogP contribution in [-0.4, -0.2) is 70.2 Å². The molecule has 1 fully saturated rings. The van der Waals surface area contributed by atoms with Gasteiger partial charge >= 0.3 is 5.97 Å². The summed E-state index contributed by atoms with van der Waals surface area (Å²) in [7, 11) is 1.72. The first kappa shape index (κ1) is 28.2. The van der Waals surface area contributed by atoms with Gasteiger partial charge in [-0.05, 0) is 74.9 Å². The maximum Gasteiger partial charge on any atom is 0.373 e. The minimum atomic E-state index is -1.41. The van der Waals surface area contributed by atoms with E-state index in [0.29, 0.717) is 61.7 Å². The SMILES string of the molecule is Cc1cc(CCc2noc(-c3cccnc3OCC3CCCC3)n2)ccc1OCCCN(C)CC(=O)C(=O)O. The second kappa shape index (κ2) is 13.8. The zero-order chi connectivity index (χ0) is 27.6. The van der Waals surface area contributed by atoms with E-state index in [1.165, 1.54) is 25.7 Å². The van der Waals surface area contributed by atoms with E-state index in [0.717, 1.165) is 23.3 Å². The lowest BCUT2D eigenvalue weighted by Gasteiger charge is -2.15. The number of carboxylic acid groups (broad SMARTS) is 1. The molecule has 10 nitrogen and oxygen atoms in total. The predicted molar refractivity (Wildman–Crippen MR) is 144 cm³/mol. The Labute approximate surface area is 228 Å². The predicted octanol–water partition coefficient (Wildman–Crippen LogP) is 4.15. The van der Waals surface area contributed by atoms with Gasteiger partial charge in [-0.25, -0.2) is 9.78 Å². The highest BCUT2D eigenvalue weighted by atomic mass is 16.5. The summed E-state index contributed by atoms with van der Waals surface area (Å²) in [6, 6.07) is 9.80. The van der Waals surface area contributed by atoms with Gasteiger partial charge in [0.25, 0.3) is 11.7 Å². The monoisotopic (exact) mass is 536 g/mol. The van der Waals surface area contributed by atoms with Crippen LogP contribution in [0.3, 0.4) is 0 Å². The number of ketones is 1. The van der Waals surface area contributed by atoms with Gasteiger partial charge in [-0.1, -0.05) is 30.1 Å². The maximum absolute atomic E-state index is 11.3. The molecule has 1 N–H and O–H groups in total. The van der Waals surface area contributed by atoms with Crippen molar-refractivity contribution >= 4 is 11.8 Å². The van der Waals surface area contributed by atoms with E-state index < -0.39 is 11.8 Å². The molecule has 3 aromatic rings. The number of carbonyl (C=O) groups excluding carboxylic acids is 1. The Balaban J connectivity index is 1.24. The molecule has 0 atom stereocenters. The van der Waals surface area contributed by atoms with Crippen LogP contribution >= 0.6 is 0 Å². The zero-order valence-electron chi connectivity index (χ0n) is 22.6. The summed E-state index contributed by atoms with van der Waals surface area (Å²) >= 11 is 0. The van der Waals surface area contributed by atoms with Gasteiger partial charge < -0.3 is 19.1 Å². The smallest absolute Gasteiger partial charge is 0.373 e. The van der Waals surface area contributed by atoms with Gasteiger partial charge in [0.05, 0.1) is 19.8 Å². The fourth-order valence-corrected chi connectivity index (χ4v) is 4.70. The third-order valence-corrected chi connectivity index (χ3v) is 6.87. The number of hydrogen-bond donors (Lipinski definition) is 1. The molecule has 208 valence electrons. The maximum atomic E-state index is 11.3. The van der Waals surface area contributed by atoms with Crippen molar-refractivity contribution in [2.75, 3.05) is 33.4 Å². The van der Waals surface area contributed by atoms with E-state index in [4.69, 9.17) is 19.1 Å². The van der Waals surface area contributed by atoms with Crippen molar-refractivity contribution in [1.29, 1.82) is 0 Å². The first-order valence-electron chi connectivity index (χ1n) is 13.5. The van der Waals surface area contributed by atoms with Crippen molar-refractivity contribution in [2.45, 2.75) is 51.9 Å². The minimum Gasteiger partial charge on any atom is -0.493 e. The normalized spacial score (nSPS) is 13.6. The van der Waals surface area contributed by atoms with Crippen molar-refractivity contribution < 1.29 is 28.7 Å². The molecule has 1 aromatic carbocycles. The Hall–Kier alpha value is -3.79. The lowest BCUT2D eigenvalue weighted by molar-refractivity contribution is -0.149. The summed E-state index contributed by atoms with van der Waals surface area (Å²) < 4.78 is 17.5. The van der Waals surface area contributed by atoms with Crippen LogP contribution in [0.2, 0.25) is 0 Å². The molecule has 2 heterocycles. The van der Waals surface area contributed by atoms with Crippen LogP contribution in [0.4, 0.5) is 0 Å². The number of aliphatic carboxylic acids is 1. The largest absolute Gasteiger partial charge is 0.493 e. The number of pyridine rings is 1. The summed E-state index contributed by atoms with van der Waals surface area (Å²) in [5.74, 6) is 0.736. The van der Waals surface area contributed by atoms with Crippen LogP contribution in [0.25, 0.3) is 11.5 Å². The third-order valence-electron chi connectivity index (χ3n) is 6.87. The highest BCUT2D eigenvalue weighted by molar-refractivity contribution is 6.33. The molecular weight excluding hydrogens is 500 g/mol. The number of hydrogen-bond acceptors (Lipinski definition) is 9. The lowest BCUT2D eigenvalue weighted by atomic mass is 10.1. The zero-order valence-corrected chi connectivity index (χ0v) is 22.6. The van der Waals surface area contributed by atoms with Crippen molar-refractivity contribution in [3.05, 3.63) is 53.5 Å². The van der Waals surface area contributed by atoms with Gasteiger partial charge in [0, 0.05) is 19.2 Å². The van der Waals surface area contributed by atoms with Gasteiger partial charge in [0.1, 0.15) is 11.3 Å². The molecule has 0 bridgehead atoms. The Bertz CT molecular complexity index is 1250. The average molecular weight is 537 g/mol. The fourth-order valence-electron chi connectivity index (χ4n) is 4.70. The van der Waals surface area contributed by atoms with Crippen LogP contribution in [0.1, 0.15) is 49.1 Å². The summed E-state index contributed by atoms with van der Waals surface area (Å²) in [4.78, 5) is 32.6. The van der Waals surface area contributed by atoms with Crippen LogP contribution in [-0.2, 0) is 22.4 Å². The number of carbonyl (C=O) groups is 2. The molecule has 0 aliphatic heterocycles. The van der Waals surface area contributed by atoms with E-state index >= 15 is 0 Å². The highest BCUT2D eigenvalue weighted by Gasteiger charge is 2.19. The molecule has 2 aromatic heterocycles. The molecule has 0 amide bonds. The summed E-state index contributed by atoms with van der Waals surface area (Å²) in [5.41, 5.74) is 2.88. The molecule has 39 heavy (non-hydrogen) atoms. The number of rotatable bonds is 15. The van der Waals surface area contributed by atoms with E-state index in [1.807, 2.05) is 31.2 Å². The lowest BCUT2D eigenvalue weighted by Crippen LogP contribution is -2.31. The van der Waals surface area contributed by atoms with Crippen LogP contribution < -0.4 is 9.47 Å². The quantitative estimate of drug-likeness (QED) is 0.223. The number of aryl methyl sites for hydroxylation is 3. The van der Waals surface area contributed by atoms with Crippen LogP contribution in [0.5, 0.6) is 11.6 Å². The minimum absolute atomic E-state index is 0.109. The molecule has 1 saturated carbocycles. The molecule has 0 spiro atoms. The molecule has 0 radical (unpaired) electrons. The third kappa shape index (κ3) is 8.35. The standard InChI is InChI=1S/C29H36N4O6/c1-20-17-21(10-12-25(20)37-16-6-15-33(2)18-24(34)29(35)36)11-13-26-31-28(39-32-26)23-9-5-14-30-27(23)38-19-22-7-3-4-8-22/h5,9-10,12,14,17,22H,3-4,6-8,11,13,15-16,18-19H2,1-2H3,(H,35,36). The van der Waals surface area contributed by atoms with Gasteiger partial charge in [-0.15, -0.1) is 0 Å². The second-order valence-electron chi connectivity index (χ2n) is 10.1. The van der Waals surface area contributed by atoms with Crippen molar-refractivity contribution in [3.8, 4) is 23.1 Å². The number of ether oxygens (including phenoxy) is 2. The first-order chi connectivity index (χ1) is 18.9. The average Bonchev–Trinajstić information content (AvgIpc) is 3.62. The van der Waals surface area contributed by atoms with Crippen molar-refractivity contribution in [2.24, 2.45) is 5.92 Å². The van der Waals surface area contributed by atoms with Gasteiger partial charge in [-0.2, -0.15) is 4.98 Å². The molecule has 10 heteroatoms. The second-order valence-corrected chi connectivity index (χ2v) is 10.1. The summed E-state index contributed by atoms with van der Waals surface area (Å²) in [6.45, 7) is 3.59. The van der Waals surface area contributed by atoms with Gasteiger partial charge in [0.15, 0.2) is 5.82 Å². The molecular formula is C29H36N4O6. The Morgan fingerprint density at radius 3 is 2.74 bits per heavy atom. The number of aromatic nitrogens is 3. The Morgan fingerprint density at radius 1 is 1.15 bits per heavy atom. The van der Waals surface area contributed by atoms with E-state index in [2.05, 4.69) is 21.2 Å². The van der Waals surface area contributed by atoms with E-state index in [-0.39, 0.29) is 6.54 Å². The topological polar surface area (TPSA) is 128 Å². The van der Waals surface area contributed by atoms with Crippen molar-refractivity contribution in [3.63, 3.8) is 0 Å². The molecule has 1 aliphatic carbocycles.